The fourth-order valence-corrected chi connectivity index (χ4v) is 1.79. The summed E-state index contributed by atoms with van der Waals surface area (Å²) in [5.41, 5.74) is 5.48. The van der Waals surface area contributed by atoms with Crippen molar-refractivity contribution in [1.82, 2.24) is 10.6 Å². The van der Waals surface area contributed by atoms with Crippen LogP contribution in [0.3, 0.4) is 0 Å². The summed E-state index contributed by atoms with van der Waals surface area (Å²) in [6.45, 7) is -0.134. The molecule has 0 spiro atoms. The van der Waals surface area contributed by atoms with Crippen LogP contribution in [0.5, 0.6) is 0 Å². The second kappa shape index (κ2) is 9.82. The zero-order valence-electron chi connectivity index (χ0n) is 13.0. The van der Waals surface area contributed by atoms with Gasteiger partial charge in [-0.2, -0.15) is 0 Å². The van der Waals surface area contributed by atoms with Gasteiger partial charge in [-0.3, -0.25) is 15.0 Å². The number of hydrogen-bond donors (Lipinski definition) is 5. The van der Waals surface area contributed by atoms with Gasteiger partial charge in [0, 0.05) is 12.1 Å². The van der Waals surface area contributed by atoms with Crippen molar-refractivity contribution in [3.05, 3.63) is 35.9 Å². The highest BCUT2D eigenvalue weighted by atomic mass is 16.6. The van der Waals surface area contributed by atoms with Gasteiger partial charge in [0.1, 0.15) is 6.54 Å². The maximum absolute atomic E-state index is 11.8. The van der Waals surface area contributed by atoms with E-state index in [-0.39, 0.29) is 12.4 Å². The fraction of sp³-hybridized carbons (Fsp3) is 0.333. The molecule has 0 radical (unpaired) electrons. The molecule has 1 rings (SSSR count). The summed E-state index contributed by atoms with van der Waals surface area (Å²) in [4.78, 5) is 34.5. The lowest BCUT2D eigenvalue weighted by molar-refractivity contribution is -0.163. The van der Waals surface area contributed by atoms with Crippen molar-refractivity contribution in [2.75, 3.05) is 13.1 Å². The van der Waals surface area contributed by atoms with Crippen LogP contribution in [0, 0.1) is 5.41 Å². The van der Waals surface area contributed by atoms with Gasteiger partial charge in [0.15, 0.2) is 12.1 Å². The first-order valence-electron chi connectivity index (χ1n) is 7.23. The van der Waals surface area contributed by atoms with Crippen molar-refractivity contribution < 1.29 is 24.2 Å². The molecule has 0 aliphatic rings. The van der Waals surface area contributed by atoms with Gasteiger partial charge in [-0.1, -0.05) is 18.2 Å². The molecule has 9 heteroatoms. The molecule has 0 saturated carbocycles. The van der Waals surface area contributed by atoms with Gasteiger partial charge in [-0.05, 0) is 25.0 Å². The summed E-state index contributed by atoms with van der Waals surface area (Å²) < 4.78 is 4.84. The smallest absolute Gasteiger partial charge is 0.345 e. The molecule has 0 bridgehead atoms. The van der Waals surface area contributed by atoms with E-state index < -0.39 is 30.5 Å². The summed E-state index contributed by atoms with van der Waals surface area (Å²) in [6, 6.07) is 8.29. The Morgan fingerprint density at radius 2 is 1.88 bits per heavy atom. The lowest BCUT2D eigenvalue weighted by atomic mass is 10.2. The van der Waals surface area contributed by atoms with E-state index in [1.807, 2.05) is 0 Å². The van der Waals surface area contributed by atoms with Crippen molar-refractivity contribution in [1.29, 1.82) is 5.41 Å². The number of nitrogens with one attached hydrogen (secondary N) is 3. The Balaban J connectivity index is 2.38. The van der Waals surface area contributed by atoms with Crippen molar-refractivity contribution in [3.63, 3.8) is 0 Å². The minimum Gasteiger partial charge on any atom is -0.479 e. The average molecular weight is 336 g/mol. The third-order valence-corrected chi connectivity index (χ3v) is 2.94. The molecule has 1 atom stereocenters. The number of guanidine groups is 1. The largest absolute Gasteiger partial charge is 0.479 e. The summed E-state index contributed by atoms with van der Waals surface area (Å²) in [5.74, 6) is -2.79. The molecule has 0 unspecified atom stereocenters. The van der Waals surface area contributed by atoms with Gasteiger partial charge in [0.25, 0.3) is 5.91 Å². The Hall–Kier alpha value is -3.10. The number of benzene rings is 1. The first-order chi connectivity index (χ1) is 11.4. The average Bonchev–Trinajstić information content (AvgIpc) is 2.55. The molecule has 1 aromatic rings. The second-order valence-electron chi connectivity index (χ2n) is 4.85. The fourth-order valence-electron chi connectivity index (χ4n) is 1.79. The van der Waals surface area contributed by atoms with Crippen LogP contribution >= 0.6 is 0 Å². The van der Waals surface area contributed by atoms with E-state index in [1.165, 1.54) is 0 Å². The SMILES string of the molecule is N=C(N)NCCC[C@H](OC(=O)CNC(=O)c1ccccc1)C(=O)O. The monoisotopic (exact) mass is 336 g/mol. The van der Waals surface area contributed by atoms with Crippen LogP contribution in [0.25, 0.3) is 0 Å². The molecule has 6 N–H and O–H groups in total. The normalized spacial score (nSPS) is 11.2. The molecule has 0 aliphatic heterocycles. The summed E-state index contributed by atoms with van der Waals surface area (Å²) in [6.07, 6.45) is -0.909. The van der Waals surface area contributed by atoms with E-state index in [1.54, 1.807) is 30.3 Å². The predicted molar refractivity (Wildman–Crippen MR) is 85.4 cm³/mol. The Bertz CT molecular complexity index is 591. The summed E-state index contributed by atoms with van der Waals surface area (Å²) in [7, 11) is 0. The van der Waals surface area contributed by atoms with Gasteiger partial charge >= 0.3 is 11.9 Å². The molecule has 9 nitrogen and oxygen atoms in total. The van der Waals surface area contributed by atoms with Crippen LogP contribution in [0.4, 0.5) is 0 Å². The van der Waals surface area contributed by atoms with Crippen LogP contribution in [0.2, 0.25) is 0 Å². The number of aliphatic carboxylic acids is 1. The van der Waals surface area contributed by atoms with Gasteiger partial charge in [0.05, 0.1) is 0 Å². The van der Waals surface area contributed by atoms with Gasteiger partial charge in [0.2, 0.25) is 0 Å². The minimum absolute atomic E-state index is 0.0635. The Morgan fingerprint density at radius 1 is 1.21 bits per heavy atom. The van der Waals surface area contributed by atoms with Gasteiger partial charge in [-0.25, -0.2) is 4.79 Å². The third-order valence-electron chi connectivity index (χ3n) is 2.94. The van der Waals surface area contributed by atoms with Crippen molar-refractivity contribution in [2.24, 2.45) is 5.73 Å². The summed E-state index contributed by atoms with van der Waals surface area (Å²) in [5, 5.41) is 20.9. The molecule has 0 heterocycles. The first-order valence-corrected chi connectivity index (χ1v) is 7.23. The highest BCUT2D eigenvalue weighted by Gasteiger charge is 2.22. The molecule has 1 aromatic carbocycles. The minimum atomic E-state index is -1.32. The first kappa shape index (κ1) is 18.9. The molecule has 0 aromatic heterocycles. The van der Waals surface area contributed by atoms with E-state index in [9.17, 15) is 14.4 Å². The number of carbonyl (C=O) groups is 3. The van der Waals surface area contributed by atoms with Crippen LogP contribution in [0.15, 0.2) is 30.3 Å². The number of carbonyl (C=O) groups excluding carboxylic acids is 2. The second-order valence-corrected chi connectivity index (χ2v) is 4.85. The van der Waals surface area contributed by atoms with E-state index in [2.05, 4.69) is 10.6 Å². The molecular formula is C15H20N4O5. The molecule has 24 heavy (non-hydrogen) atoms. The standard InChI is InChI=1S/C15H20N4O5/c16-15(17)18-8-4-7-11(14(22)23)24-12(20)9-19-13(21)10-5-2-1-3-6-10/h1-3,5-6,11H,4,7-9H2,(H,19,21)(H,22,23)(H4,16,17,18)/t11-/m0/s1. The number of hydrogen-bond acceptors (Lipinski definition) is 5. The van der Waals surface area contributed by atoms with Crippen molar-refractivity contribution in [2.45, 2.75) is 18.9 Å². The van der Waals surface area contributed by atoms with Crippen LogP contribution in [-0.4, -0.2) is 48.1 Å². The van der Waals surface area contributed by atoms with Crippen LogP contribution in [-0.2, 0) is 14.3 Å². The van der Waals surface area contributed by atoms with E-state index in [4.69, 9.17) is 21.0 Å². The highest BCUT2D eigenvalue weighted by molar-refractivity contribution is 5.96. The number of carboxylic acid groups (broad SMARTS) is 1. The Kier molecular flexibility index (Phi) is 7.76. The Morgan fingerprint density at radius 3 is 2.46 bits per heavy atom. The van der Waals surface area contributed by atoms with E-state index in [0.717, 1.165) is 0 Å². The topological polar surface area (TPSA) is 155 Å². The van der Waals surface area contributed by atoms with Gasteiger partial charge in [-0.15, -0.1) is 0 Å². The zero-order valence-corrected chi connectivity index (χ0v) is 13.0. The van der Waals surface area contributed by atoms with Crippen LogP contribution in [0.1, 0.15) is 23.2 Å². The molecule has 130 valence electrons. The maximum atomic E-state index is 11.8. The maximum Gasteiger partial charge on any atom is 0.345 e. The lowest BCUT2D eigenvalue weighted by Gasteiger charge is -2.14. The van der Waals surface area contributed by atoms with Gasteiger partial charge < -0.3 is 26.2 Å². The quantitative estimate of drug-likeness (QED) is 0.179. The molecule has 0 aliphatic carbocycles. The summed E-state index contributed by atoms with van der Waals surface area (Å²) >= 11 is 0. The number of carboxylic acids is 1. The number of rotatable bonds is 9. The van der Waals surface area contributed by atoms with E-state index in [0.29, 0.717) is 18.5 Å². The highest BCUT2D eigenvalue weighted by Crippen LogP contribution is 2.03. The third kappa shape index (κ3) is 7.25. The lowest BCUT2D eigenvalue weighted by Crippen LogP contribution is -2.36. The van der Waals surface area contributed by atoms with Crippen LogP contribution < -0.4 is 16.4 Å². The van der Waals surface area contributed by atoms with Crippen molar-refractivity contribution >= 4 is 23.8 Å². The predicted octanol–water partition coefficient (Wildman–Crippen LogP) is -0.324. The number of esters is 1. The zero-order chi connectivity index (χ0) is 17.9. The van der Waals surface area contributed by atoms with Crippen molar-refractivity contribution in [3.8, 4) is 0 Å². The number of amides is 1. The van der Waals surface area contributed by atoms with E-state index >= 15 is 0 Å². The Labute approximate surface area is 138 Å². The molecule has 1 amide bonds. The molecule has 0 saturated heterocycles. The molecule has 0 fully saturated rings. The molecular weight excluding hydrogens is 316 g/mol. The number of ether oxygens (including phenoxy) is 1. The number of nitrogens with two attached hydrogens (primary N) is 1.